The van der Waals surface area contributed by atoms with E-state index < -0.39 is 0 Å². The molecular formula is C22H28N4OS. The number of carbonyl (C=O) groups is 1. The maximum Gasteiger partial charge on any atom is 0.228 e. The molecule has 5 nitrogen and oxygen atoms in total. The Bertz CT molecular complexity index is 816. The molecule has 2 spiro atoms. The number of nitrogens with one attached hydrogen (secondary N) is 1. The molecule has 0 radical (unpaired) electrons. The number of amides is 1. The van der Waals surface area contributed by atoms with Crippen LogP contribution >= 0.6 is 11.3 Å². The summed E-state index contributed by atoms with van der Waals surface area (Å²) in [6.07, 6.45) is 7.01. The number of likely N-dealkylation sites (tertiary alicyclic amines) is 2. The highest BCUT2D eigenvalue weighted by Gasteiger charge is 2.63. The second-order valence-corrected chi connectivity index (χ2v) is 9.76. The van der Waals surface area contributed by atoms with Crippen LogP contribution < -0.4 is 5.32 Å². The first-order valence-corrected chi connectivity index (χ1v) is 11.2. The second kappa shape index (κ2) is 7.25. The predicted octanol–water partition coefficient (Wildman–Crippen LogP) is 2.75. The number of piperidine rings is 1. The second-order valence-electron chi connectivity index (χ2n) is 8.73. The van der Waals surface area contributed by atoms with Gasteiger partial charge in [0.15, 0.2) is 0 Å². The van der Waals surface area contributed by atoms with Gasteiger partial charge in [0.1, 0.15) is 0 Å². The smallest absolute Gasteiger partial charge is 0.228 e. The third-order valence-electron chi connectivity index (χ3n) is 7.21. The summed E-state index contributed by atoms with van der Waals surface area (Å²) >= 11 is 1.84. The van der Waals surface area contributed by atoms with Crippen LogP contribution in [0.25, 0.3) is 0 Å². The summed E-state index contributed by atoms with van der Waals surface area (Å²) in [5.41, 5.74) is 1.15. The summed E-state index contributed by atoms with van der Waals surface area (Å²) in [5, 5.41) is 5.32. The van der Waals surface area contributed by atoms with Gasteiger partial charge >= 0.3 is 0 Å². The Morgan fingerprint density at radius 3 is 2.64 bits per heavy atom. The Balaban J connectivity index is 1.34. The number of carbonyl (C=O) groups excluding carboxylic acids is 1. The lowest BCUT2D eigenvalue weighted by Gasteiger charge is -2.46. The number of fused-ring (bicyclic) bond motifs is 1. The zero-order valence-electron chi connectivity index (χ0n) is 16.3. The molecule has 0 aliphatic carbocycles. The van der Waals surface area contributed by atoms with E-state index in [0.29, 0.717) is 5.91 Å². The van der Waals surface area contributed by atoms with Gasteiger partial charge in [0.25, 0.3) is 0 Å². The van der Waals surface area contributed by atoms with Crippen LogP contribution in [0, 0.1) is 10.8 Å². The van der Waals surface area contributed by atoms with E-state index in [0.717, 1.165) is 65.1 Å². The zero-order chi connectivity index (χ0) is 19.0. The number of pyridine rings is 1. The van der Waals surface area contributed by atoms with Gasteiger partial charge in [-0.1, -0.05) is 12.1 Å². The lowest BCUT2D eigenvalue weighted by atomic mass is 9.60. The molecule has 5 rings (SSSR count). The van der Waals surface area contributed by atoms with Crippen LogP contribution in [0.15, 0.2) is 42.0 Å². The molecule has 1 unspecified atom stereocenters. The number of hydrogen-bond donors (Lipinski definition) is 1. The lowest BCUT2D eigenvalue weighted by Crippen LogP contribution is -2.52. The Labute approximate surface area is 170 Å². The Hall–Kier alpha value is -1.76. The van der Waals surface area contributed by atoms with E-state index in [1.54, 1.807) is 0 Å². The fourth-order valence-corrected chi connectivity index (χ4v) is 6.52. The monoisotopic (exact) mass is 396 g/mol. The molecule has 148 valence electrons. The van der Waals surface area contributed by atoms with E-state index in [2.05, 4.69) is 43.7 Å². The van der Waals surface area contributed by atoms with Crippen molar-refractivity contribution < 1.29 is 4.79 Å². The fraction of sp³-hybridized carbons (Fsp3) is 0.545. The summed E-state index contributed by atoms with van der Waals surface area (Å²) in [4.78, 5) is 23.8. The minimum atomic E-state index is -0.204. The average molecular weight is 397 g/mol. The third kappa shape index (κ3) is 3.08. The SMILES string of the molecule is O=C1NCCC12CN(Cc1cccnc1)CC21CCN(Cc2cccs2)CC1. The van der Waals surface area contributed by atoms with Crippen LogP contribution in [0.4, 0.5) is 0 Å². The Morgan fingerprint density at radius 1 is 1.07 bits per heavy atom. The third-order valence-corrected chi connectivity index (χ3v) is 8.07. The molecule has 5 heterocycles. The first kappa shape index (κ1) is 18.3. The molecule has 3 fully saturated rings. The van der Waals surface area contributed by atoms with Crippen molar-refractivity contribution in [3.8, 4) is 0 Å². The number of thiophene rings is 1. The first-order chi connectivity index (χ1) is 13.7. The summed E-state index contributed by atoms with van der Waals surface area (Å²) < 4.78 is 0. The van der Waals surface area contributed by atoms with Gasteiger partial charge in [-0.2, -0.15) is 0 Å². The minimum Gasteiger partial charge on any atom is -0.356 e. The summed E-state index contributed by atoms with van der Waals surface area (Å²) in [7, 11) is 0. The van der Waals surface area contributed by atoms with Gasteiger partial charge in [0.05, 0.1) is 5.41 Å². The molecule has 3 aliphatic rings. The van der Waals surface area contributed by atoms with Gasteiger partial charge in [0, 0.05) is 55.4 Å². The molecule has 0 bridgehead atoms. The largest absolute Gasteiger partial charge is 0.356 e. The average Bonchev–Trinajstić information content (AvgIpc) is 3.41. The highest BCUT2D eigenvalue weighted by atomic mass is 32.1. The van der Waals surface area contributed by atoms with Crippen molar-refractivity contribution in [2.24, 2.45) is 10.8 Å². The van der Waals surface area contributed by atoms with Crippen molar-refractivity contribution in [2.45, 2.75) is 32.4 Å². The maximum atomic E-state index is 13.0. The topological polar surface area (TPSA) is 48.5 Å². The molecule has 2 aromatic rings. The molecule has 6 heteroatoms. The summed E-state index contributed by atoms with van der Waals surface area (Å²) in [6.45, 7) is 6.87. The van der Waals surface area contributed by atoms with Crippen LogP contribution in [-0.2, 0) is 17.9 Å². The van der Waals surface area contributed by atoms with E-state index in [1.165, 1.54) is 10.4 Å². The predicted molar refractivity (Wildman–Crippen MR) is 111 cm³/mol. The van der Waals surface area contributed by atoms with Gasteiger partial charge in [0.2, 0.25) is 5.91 Å². The van der Waals surface area contributed by atoms with Gasteiger partial charge in [-0.25, -0.2) is 0 Å². The highest BCUT2D eigenvalue weighted by Crippen LogP contribution is 2.56. The van der Waals surface area contributed by atoms with Crippen LogP contribution in [-0.4, -0.2) is 53.4 Å². The van der Waals surface area contributed by atoms with E-state index in [9.17, 15) is 4.79 Å². The van der Waals surface area contributed by atoms with Crippen LogP contribution in [0.5, 0.6) is 0 Å². The van der Waals surface area contributed by atoms with Gasteiger partial charge in [-0.15, -0.1) is 11.3 Å². The molecule has 2 aromatic heterocycles. The fourth-order valence-electron chi connectivity index (χ4n) is 5.77. The molecule has 3 aliphatic heterocycles. The molecule has 3 saturated heterocycles. The van der Waals surface area contributed by atoms with Crippen molar-refractivity contribution in [2.75, 3.05) is 32.7 Å². The first-order valence-electron chi connectivity index (χ1n) is 10.3. The summed E-state index contributed by atoms with van der Waals surface area (Å²) in [5.74, 6) is 0.299. The molecule has 1 N–H and O–H groups in total. The Kier molecular flexibility index (Phi) is 4.73. The van der Waals surface area contributed by atoms with E-state index in [-0.39, 0.29) is 10.8 Å². The molecular weight excluding hydrogens is 368 g/mol. The van der Waals surface area contributed by atoms with Crippen molar-refractivity contribution in [1.82, 2.24) is 20.1 Å². The summed E-state index contributed by atoms with van der Waals surface area (Å²) in [6, 6.07) is 8.51. The van der Waals surface area contributed by atoms with Crippen molar-refractivity contribution in [1.29, 1.82) is 0 Å². The van der Waals surface area contributed by atoms with E-state index in [4.69, 9.17) is 0 Å². The minimum absolute atomic E-state index is 0.113. The van der Waals surface area contributed by atoms with Gasteiger partial charge < -0.3 is 5.32 Å². The van der Waals surface area contributed by atoms with Gasteiger partial charge in [-0.05, 0) is 55.4 Å². The normalized spacial score (nSPS) is 27.6. The zero-order valence-corrected chi connectivity index (χ0v) is 17.1. The molecule has 28 heavy (non-hydrogen) atoms. The van der Waals surface area contributed by atoms with E-state index >= 15 is 0 Å². The standard InChI is InChI=1S/C22H28N4OS/c27-20-22(5-9-24-20)17-26(14-18-3-1-8-23-13-18)16-21(22)6-10-25(11-7-21)15-19-4-2-12-28-19/h1-4,8,12-13H,5-7,9-11,14-17H2,(H,24,27). The molecule has 1 atom stereocenters. The lowest BCUT2D eigenvalue weighted by molar-refractivity contribution is -0.134. The van der Waals surface area contributed by atoms with Crippen LogP contribution in [0.1, 0.15) is 29.7 Å². The maximum absolute atomic E-state index is 13.0. The van der Waals surface area contributed by atoms with Crippen molar-refractivity contribution in [3.05, 3.63) is 52.5 Å². The highest BCUT2D eigenvalue weighted by molar-refractivity contribution is 7.09. The van der Waals surface area contributed by atoms with E-state index in [1.807, 2.05) is 29.8 Å². The van der Waals surface area contributed by atoms with Crippen LogP contribution in [0.2, 0.25) is 0 Å². The van der Waals surface area contributed by atoms with Crippen molar-refractivity contribution >= 4 is 17.2 Å². The molecule has 0 saturated carbocycles. The number of hydrogen-bond acceptors (Lipinski definition) is 5. The Morgan fingerprint density at radius 2 is 1.96 bits per heavy atom. The number of aromatic nitrogens is 1. The number of nitrogens with zero attached hydrogens (tertiary/aromatic N) is 3. The molecule has 1 amide bonds. The van der Waals surface area contributed by atoms with Crippen LogP contribution in [0.3, 0.4) is 0 Å². The van der Waals surface area contributed by atoms with Crippen molar-refractivity contribution in [3.63, 3.8) is 0 Å². The number of rotatable bonds is 4. The quantitative estimate of drug-likeness (QED) is 0.863. The van der Waals surface area contributed by atoms with Gasteiger partial charge in [-0.3, -0.25) is 19.6 Å². The molecule has 0 aromatic carbocycles.